The fraction of sp³-hybridized carbons (Fsp3) is 0.312. The molecule has 2 aromatic rings. The summed E-state index contributed by atoms with van der Waals surface area (Å²) in [6, 6.07) is 5.70. The zero-order chi connectivity index (χ0) is 17.6. The minimum Gasteiger partial charge on any atom is -0.293 e. The number of unbranched alkanes of at least 4 members (excludes halogenated alkanes) is 1. The van der Waals surface area contributed by atoms with Gasteiger partial charge in [-0.05, 0) is 30.5 Å². The molecule has 8 heteroatoms. The number of carbonyl (C=O) groups excluding carboxylic acids is 1. The summed E-state index contributed by atoms with van der Waals surface area (Å²) in [4.78, 5) is 20.6. The average Bonchev–Trinajstić information content (AvgIpc) is 2.58. The van der Waals surface area contributed by atoms with E-state index in [0.717, 1.165) is 24.8 Å². The highest BCUT2D eigenvalue weighted by molar-refractivity contribution is 7.99. The second-order valence-electron chi connectivity index (χ2n) is 5.26. The highest BCUT2D eigenvalue weighted by Gasteiger charge is 2.13. The van der Waals surface area contributed by atoms with E-state index in [0.29, 0.717) is 10.7 Å². The summed E-state index contributed by atoms with van der Waals surface area (Å²) >= 11 is 1.22. The number of ketones is 1. The van der Waals surface area contributed by atoms with Gasteiger partial charge in [-0.1, -0.05) is 37.2 Å². The van der Waals surface area contributed by atoms with Crippen LogP contribution in [-0.4, -0.2) is 29.9 Å². The number of thioether (sulfide) groups is 1. The maximum Gasteiger partial charge on any atom is 0.238 e. The van der Waals surface area contributed by atoms with Crippen molar-refractivity contribution in [2.75, 3.05) is 5.75 Å². The summed E-state index contributed by atoms with van der Waals surface area (Å²) in [5, 5.41) is 5.59. The van der Waals surface area contributed by atoms with Gasteiger partial charge in [0.1, 0.15) is 0 Å². The van der Waals surface area contributed by atoms with Crippen LogP contribution in [-0.2, 0) is 16.4 Å². The van der Waals surface area contributed by atoms with E-state index in [4.69, 9.17) is 5.14 Å². The van der Waals surface area contributed by atoms with E-state index in [9.17, 15) is 13.2 Å². The zero-order valence-corrected chi connectivity index (χ0v) is 14.9. The van der Waals surface area contributed by atoms with Crippen molar-refractivity contribution in [3.05, 3.63) is 47.8 Å². The molecule has 0 fully saturated rings. The predicted octanol–water partition coefficient (Wildman–Crippen LogP) is 2.44. The van der Waals surface area contributed by atoms with E-state index in [1.165, 1.54) is 30.0 Å². The second-order valence-corrected chi connectivity index (χ2v) is 7.77. The van der Waals surface area contributed by atoms with E-state index in [-0.39, 0.29) is 16.4 Å². The number of benzene rings is 1. The maximum atomic E-state index is 12.2. The molecule has 0 aliphatic heterocycles. The monoisotopic (exact) mass is 365 g/mol. The molecule has 1 aromatic carbocycles. The van der Waals surface area contributed by atoms with Crippen LogP contribution in [0.25, 0.3) is 0 Å². The lowest BCUT2D eigenvalue weighted by molar-refractivity contribution is 0.102. The largest absolute Gasteiger partial charge is 0.293 e. The van der Waals surface area contributed by atoms with Crippen molar-refractivity contribution < 1.29 is 13.2 Å². The number of primary sulfonamides is 1. The van der Waals surface area contributed by atoms with Gasteiger partial charge in [0.15, 0.2) is 10.9 Å². The van der Waals surface area contributed by atoms with E-state index in [1.54, 1.807) is 18.5 Å². The fourth-order valence-electron chi connectivity index (χ4n) is 1.99. The second kappa shape index (κ2) is 8.36. The zero-order valence-electron chi connectivity index (χ0n) is 13.3. The van der Waals surface area contributed by atoms with Gasteiger partial charge in [-0.15, -0.1) is 0 Å². The molecule has 0 unspecified atom stereocenters. The summed E-state index contributed by atoms with van der Waals surface area (Å²) in [7, 11) is -3.82. The molecule has 0 spiro atoms. The van der Waals surface area contributed by atoms with Gasteiger partial charge in [-0.25, -0.2) is 23.5 Å². The van der Waals surface area contributed by atoms with Crippen LogP contribution in [0, 0.1) is 0 Å². The molecule has 2 N–H and O–H groups in total. The van der Waals surface area contributed by atoms with Crippen LogP contribution >= 0.6 is 11.8 Å². The normalized spacial score (nSPS) is 11.4. The van der Waals surface area contributed by atoms with E-state index in [1.807, 2.05) is 0 Å². The standard InChI is InChI=1S/C16H19N3O3S2/c1-2-3-5-12-9-18-16(19-10-12)23-11-15(20)13-6-4-7-14(8-13)24(17,21)22/h4,6-10H,2-3,5,11H2,1H3,(H2,17,21,22). The molecule has 128 valence electrons. The van der Waals surface area contributed by atoms with Crippen molar-refractivity contribution >= 4 is 27.6 Å². The number of sulfonamides is 1. The number of aryl methyl sites for hydroxylation is 1. The smallest absolute Gasteiger partial charge is 0.238 e. The maximum absolute atomic E-state index is 12.2. The van der Waals surface area contributed by atoms with Gasteiger partial charge < -0.3 is 0 Å². The number of Topliss-reactive ketones (excluding diaryl/α,β-unsaturated/α-hetero) is 1. The molecule has 2 rings (SSSR count). The van der Waals surface area contributed by atoms with Crippen molar-refractivity contribution in [2.45, 2.75) is 36.2 Å². The first kappa shape index (κ1) is 18.6. The van der Waals surface area contributed by atoms with Crippen LogP contribution in [0.3, 0.4) is 0 Å². The molecule has 0 saturated carbocycles. The molecule has 0 aliphatic rings. The third-order valence-corrected chi connectivity index (χ3v) is 5.10. The van der Waals surface area contributed by atoms with Crippen LogP contribution in [0.2, 0.25) is 0 Å². The molecule has 24 heavy (non-hydrogen) atoms. The minimum absolute atomic E-state index is 0.0742. The van der Waals surface area contributed by atoms with Gasteiger partial charge in [0.05, 0.1) is 10.6 Å². The van der Waals surface area contributed by atoms with Gasteiger partial charge in [0.25, 0.3) is 0 Å². The van der Waals surface area contributed by atoms with Crippen LogP contribution in [0.1, 0.15) is 35.7 Å². The van der Waals surface area contributed by atoms with E-state index >= 15 is 0 Å². The third kappa shape index (κ3) is 5.40. The Morgan fingerprint density at radius 2 is 1.96 bits per heavy atom. The summed E-state index contributed by atoms with van der Waals surface area (Å²) in [6.07, 6.45) is 6.70. The SMILES string of the molecule is CCCCc1cnc(SCC(=O)c2cccc(S(N)(=O)=O)c2)nc1. The van der Waals surface area contributed by atoms with Gasteiger partial charge in [-0.3, -0.25) is 4.79 Å². The van der Waals surface area contributed by atoms with E-state index < -0.39 is 10.0 Å². The van der Waals surface area contributed by atoms with Gasteiger partial charge >= 0.3 is 0 Å². The molecule has 0 bridgehead atoms. The number of carbonyl (C=O) groups is 1. The third-order valence-electron chi connectivity index (χ3n) is 3.32. The Morgan fingerprint density at radius 3 is 2.58 bits per heavy atom. The first-order valence-electron chi connectivity index (χ1n) is 7.50. The van der Waals surface area contributed by atoms with Crippen molar-refractivity contribution in [1.82, 2.24) is 9.97 Å². The summed E-state index contributed by atoms with van der Waals surface area (Å²) in [6.45, 7) is 2.13. The van der Waals surface area contributed by atoms with Gasteiger partial charge in [-0.2, -0.15) is 0 Å². The molecular weight excluding hydrogens is 346 g/mol. The van der Waals surface area contributed by atoms with Crippen LogP contribution in [0.5, 0.6) is 0 Å². The molecule has 1 aromatic heterocycles. The number of rotatable bonds is 8. The molecule has 0 amide bonds. The first-order valence-corrected chi connectivity index (χ1v) is 10.0. The molecule has 0 atom stereocenters. The Hall–Kier alpha value is -1.77. The lowest BCUT2D eigenvalue weighted by Gasteiger charge is -2.04. The van der Waals surface area contributed by atoms with Crippen LogP contribution in [0.15, 0.2) is 46.7 Å². The van der Waals surface area contributed by atoms with E-state index in [2.05, 4.69) is 16.9 Å². The Labute approximate surface area is 146 Å². The Balaban J connectivity index is 1.98. The highest BCUT2D eigenvalue weighted by atomic mass is 32.2. The Morgan fingerprint density at radius 1 is 1.25 bits per heavy atom. The van der Waals surface area contributed by atoms with Gasteiger partial charge in [0.2, 0.25) is 10.0 Å². The first-order chi connectivity index (χ1) is 11.4. The van der Waals surface area contributed by atoms with Crippen molar-refractivity contribution in [1.29, 1.82) is 0 Å². The Bertz CT molecular complexity index is 806. The summed E-state index contributed by atoms with van der Waals surface area (Å²) in [5.74, 6) is -0.0771. The fourth-order valence-corrected chi connectivity index (χ4v) is 3.23. The summed E-state index contributed by atoms with van der Waals surface area (Å²) in [5.41, 5.74) is 1.38. The molecule has 1 heterocycles. The summed E-state index contributed by atoms with van der Waals surface area (Å²) < 4.78 is 22.7. The lowest BCUT2D eigenvalue weighted by Crippen LogP contribution is -2.13. The molecule has 0 aliphatic carbocycles. The highest BCUT2D eigenvalue weighted by Crippen LogP contribution is 2.17. The lowest BCUT2D eigenvalue weighted by atomic mass is 10.1. The number of aromatic nitrogens is 2. The molecular formula is C16H19N3O3S2. The Kier molecular flexibility index (Phi) is 6.47. The average molecular weight is 365 g/mol. The molecule has 0 radical (unpaired) electrons. The topological polar surface area (TPSA) is 103 Å². The predicted molar refractivity (Wildman–Crippen MR) is 93.5 cm³/mol. The molecule has 0 saturated heterocycles. The van der Waals surface area contributed by atoms with Crippen LogP contribution in [0.4, 0.5) is 0 Å². The number of hydrogen-bond acceptors (Lipinski definition) is 6. The number of nitrogens with two attached hydrogens (primary N) is 1. The number of nitrogens with zero attached hydrogens (tertiary/aromatic N) is 2. The van der Waals surface area contributed by atoms with Crippen molar-refractivity contribution in [2.24, 2.45) is 5.14 Å². The van der Waals surface area contributed by atoms with Crippen molar-refractivity contribution in [3.63, 3.8) is 0 Å². The quantitative estimate of drug-likeness (QED) is 0.438. The minimum atomic E-state index is -3.82. The van der Waals surface area contributed by atoms with Gasteiger partial charge in [0, 0.05) is 18.0 Å². The van der Waals surface area contributed by atoms with Crippen molar-refractivity contribution in [3.8, 4) is 0 Å². The number of hydrogen-bond donors (Lipinski definition) is 1. The molecule has 6 nitrogen and oxygen atoms in total. The van der Waals surface area contributed by atoms with Crippen LogP contribution < -0.4 is 5.14 Å².